The summed E-state index contributed by atoms with van der Waals surface area (Å²) in [7, 11) is 1.43. The van der Waals surface area contributed by atoms with Crippen LogP contribution in [-0.4, -0.2) is 48.8 Å². The maximum Gasteiger partial charge on any atom is 0.434 e. The van der Waals surface area contributed by atoms with Crippen molar-refractivity contribution in [3.63, 3.8) is 0 Å². The molecular formula is C13H9F3N2O7. The van der Waals surface area contributed by atoms with E-state index in [4.69, 9.17) is 0 Å². The van der Waals surface area contributed by atoms with Crippen molar-refractivity contribution in [3.05, 3.63) is 45.3 Å². The van der Waals surface area contributed by atoms with Crippen LogP contribution >= 0.6 is 0 Å². The zero-order valence-corrected chi connectivity index (χ0v) is 12.6. The van der Waals surface area contributed by atoms with Gasteiger partial charge in [-0.1, -0.05) is 0 Å². The zero-order valence-electron chi connectivity index (χ0n) is 12.6. The summed E-state index contributed by atoms with van der Waals surface area (Å²) < 4.78 is 48.0. The smallest absolute Gasteiger partial charge is 0.434 e. The van der Waals surface area contributed by atoms with Gasteiger partial charge in [0.25, 0.3) is 5.70 Å². The summed E-state index contributed by atoms with van der Waals surface area (Å²) in [5.74, 6) is -4.25. The van der Waals surface area contributed by atoms with Gasteiger partial charge in [-0.15, -0.1) is 0 Å². The molecule has 0 unspecified atom stereocenters. The molecule has 25 heavy (non-hydrogen) atoms. The lowest BCUT2D eigenvalue weighted by Gasteiger charge is -2.13. The second-order valence-electron chi connectivity index (χ2n) is 4.22. The van der Waals surface area contributed by atoms with E-state index in [1.54, 1.807) is 0 Å². The molecule has 12 heteroatoms. The fourth-order valence-electron chi connectivity index (χ4n) is 1.61. The molecule has 1 aliphatic carbocycles. The van der Waals surface area contributed by atoms with E-state index in [-0.39, 0.29) is 0 Å². The van der Waals surface area contributed by atoms with Gasteiger partial charge in [0, 0.05) is 0 Å². The third-order valence-electron chi connectivity index (χ3n) is 2.66. The van der Waals surface area contributed by atoms with E-state index >= 15 is 0 Å². The number of nitro groups is 1. The first kappa shape index (κ1) is 19.7. The Morgan fingerprint density at radius 1 is 1.16 bits per heavy atom. The molecule has 0 N–H and O–H groups in total. The first-order valence-corrected chi connectivity index (χ1v) is 6.18. The fraction of sp³-hybridized carbons (Fsp3) is 0.231. The van der Waals surface area contributed by atoms with Crippen molar-refractivity contribution in [1.29, 1.82) is 0 Å². The summed E-state index contributed by atoms with van der Waals surface area (Å²) in [6, 6.07) is 0. The Hall–Kier alpha value is -3.31. The van der Waals surface area contributed by atoms with Gasteiger partial charge < -0.3 is 9.47 Å². The predicted octanol–water partition coefficient (Wildman–Crippen LogP) is 0.889. The topological polar surface area (TPSA) is 125 Å². The van der Waals surface area contributed by atoms with Crippen LogP contribution in [0.4, 0.5) is 13.2 Å². The molecule has 9 nitrogen and oxygen atoms in total. The Morgan fingerprint density at radius 3 is 2.08 bits per heavy atom. The molecule has 0 saturated carbocycles. The van der Waals surface area contributed by atoms with Gasteiger partial charge in [-0.2, -0.15) is 13.2 Å². The van der Waals surface area contributed by atoms with Gasteiger partial charge in [0.2, 0.25) is 0 Å². The Bertz CT molecular complexity index is 742. The number of aliphatic imine (C=N–C) groups is 1. The molecule has 0 radical (unpaired) electrons. The summed E-state index contributed by atoms with van der Waals surface area (Å²) in [6.45, 7) is 0. The molecule has 1 aliphatic rings. The number of carbonyl (C=O) groups excluding carboxylic acids is 3. The van der Waals surface area contributed by atoms with Crippen LogP contribution in [0, 0.1) is 10.1 Å². The Kier molecular flexibility index (Phi) is 5.93. The summed E-state index contributed by atoms with van der Waals surface area (Å²) in [5.41, 5.74) is -5.59. The fourth-order valence-corrected chi connectivity index (χ4v) is 1.61. The number of ether oxygens (including phenoxy) is 2. The molecule has 0 saturated heterocycles. The van der Waals surface area contributed by atoms with Crippen molar-refractivity contribution in [2.24, 2.45) is 4.99 Å². The number of alkyl halides is 3. The monoisotopic (exact) mass is 362 g/mol. The maximum absolute atomic E-state index is 13.3. The Balaban J connectivity index is 3.74. The van der Waals surface area contributed by atoms with Crippen LogP contribution in [-0.2, 0) is 23.9 Å². The lowest BCUT2D eigenvalue weighted by Crippen LogP contribution is -2.25. The molecule has 0 aliphatic heterocycles. The van der Waals surface area contributed by atoms with Gasteiger partial charge in [0.15, 0.2) is 17.1 Å². The Labute approximate surface area is 137 Å². The quantitative estimate of drug-likeness (QED) is 0.138. The molecule has 0 spiro atoms. The van der Waals surface area contributed by atoms with Crippen molar-refractivity contribution in [2.75, 3.05) is 14.2 Å². The molecule has 0 atom stereocenters. The first-order valence-electron chi connectivity index (χ1n) is 6.18. The Morgan fingerprint density at radius 2 is 1.68 bits per heavy atom. The van der Waals surface area contributed by atoms with Crippen molar-refractivity contribution in [2.45, 2.75) is 6.18 Å². The number of methoxy groups -OCH3 is 2. The average molecular weight is 362 g/mol. The lowest BCUT2D eigenvalue weighted by molar-refractivity contribution is -0.414. The molecule has 0 aromatic rings. The van der Waals surface area contributed by atoms with Gasteiger partial charge in [-0.05, 0) is 12.2 Å². The largest absolute Gasteiger partial charge is 0.465 e. The SMILES string of the molecule is COC(=O)C(C(=O)OC)=C(N=C1C=CC(=O)C=C1[N+](=O)[O-])C(F)(F)F. The number of nitrogens with zero attached hydrogens (tertiary/aromatic N) is 2. The van der Waals surface area contributed by atoms with Gasteiger partial charge in [0.1, 0.15) is 5.71 Å². The average Bonchev–Trinajstić information content (AvgIpc) is 2.53. The first-order chi connectivity index (χ1) is 11.5. The normalized spacial score (nSPS) is 15.5. The zero-order chi connectivity index (χ0) is 19.4. The second kappa shape index (κ2) is 7.51. The van der Waals surface area contributed by atoms with E-state index in [1.165, 1.54) is 0 Å². The molecule has 0 bridgehead atoms. The summed E-state index contributed by atoms with van der Waals surface area (Å²) in [4.78, 5) is 47.0. The summed E-state index contributed by atoms with van der Waals surface area (Å²) in [6.07, 6.45) is -3.53. The minimum absolute atomic E-state index is 0.447. The molecule has 0 heterocycles. The van der Waals surface area contributed by atoms with Crippen LogP contribution in [0.2, 0.25) is 0 Å². The van der Waals surface area contributed by atoms with E-state index < -0.39 is 51.5 Å². The van der Waals surface area contributed by atoms with Crippen LogP contribution in [0.25, 0.3) is 0 Å². The van der Waals surface area contributed by atoms with Gasteiger partial charge >= 0.3 is 18.1 Å². The van der Waals surface area contributed by atoms with Crippen molar-refractivity contribution in [3.8, 4) is 0 Å². The van der Waals surface area contributed by atoms with Crippen molar-refractivity contribution >= 4 is 23.4 Å². The van der Waals surface area contributed by atoms with Crippen LogP contribution in [0.1, 0.15) is 0 Å². The van der Waals surface area contributed by atoms with E-state index in [0.717, 1.165) is 6.08 Å². The number of rotatable bonds is 4. The molecule has 1 rings (SSSR count). The van der Waals surface area contributed by atoms with Gasteiger partial charge in [-0.3, -0.25) is 14.9 Å². The standard InChI is InChI=1S/C13H9F3N2O7/c1-24-11(20)9(12(21)25-2)10(13(14,15)16)17-7-4-3-6(19)5-8(7)18(22)23/h3-5H,1-2H3. The number of ketones is 1. The van der Waals surface area contributed by atoms with E-state index in [2.05, 4.69) is 14.5 Å². The highest BCUT2D eigenvalue weighted by Crippen LogP contribution is 2.31. The molecule has 0 aromatic heterocycles. The van der Waals surface area contributed by atoms with Gasteiger partial charge in [-0.25, -0.2) is 14.6 Å². The van der Waals surface area contributed by atoms with Crippen LogP contribution in [0.15, 0.2) is 40.2 Å². The van der Waals surface area contributed by atoms with E-state index in [9.17, 15) is 37.7 Å². The van der Waals surface area contributed by atoms with Gasteiger partial charge in [0.05, 0.1) is 25.2 Å². The summed E-state index contributed by atoms with van der Waals surface area (Å²) >= 11 is 0. The molecule has 0 aromatic carbocycles. The molecular weight excluding hydrogens is 353 g/mol. The molecule has 0 amide bonds. The summed E-state index contributed by atoms with van der Waals surface area (Å²) in [5, 5.41) is 10.9. The maximum atomic E-state index is 13.3. The minimum atomic E-state index is -5.36. The number of carbonyl (C=O) groups is 3. The van der Waals surface area contributed by atoms with Crippen molar-refractivity contribution < 1.29 is 42.0 Å². The molecule has 0 fully saturated rings. The third-order valence-corrected chi connectivity index (χ3v) is 2.66. The van der Waals surface area contributed by atoms with Crippen molar-refractivity contribution in [1.82, 2.24) is 0 Å². The number of hydrogen-bond donors (Lipinski definition) is 0. The van der Waals surface area contributed by atoms with Crippen LogP contribution in [0.3, 0.4) is 0 Å². The van der Waals surface area contributed by atoms with Crippen LogP contribution < -0.4 is 0 Å². The highest BCUT2D eigenvalue weighted by atomic mass is 19.4. The number of halogens is 3. The highest BCUT2D eigenvalue weighted by Gasteiger charge is 2.43. The number of allylic oxidation sites excluding steroid dienone is 4. The molecule has 134 valence electrons. The predicted molar refractivity (Wildman–Crippen MR) is 73.8 cm³/mol. The highest BCUT2D eigenvalue weighted by molar-refractivity contribution is 6.19. The van der Waals surface area contributed by atoms with E-state index in [1.807, 2.05) is 0 Å². The lowest BCUT2D eigenvalue weighted by atomic mass is 10.1. The number of hydrogen-bond acceptors (Lipinski definition) is 8. The number of esters is 2. The minimum Gasteiger partial charge on any atom is -0.465 e. The third kappa shape index (κ3) is 4.59. The second-order valence-corrected chi connectivity index (χ2v) is 4.22. The van der Waals surface area contributed by atoms with Crippen LogP contribution in [0.5, 0.6) is 0 Å². The van der Waals surface area contributed by atoms with E-state index in [0.29, 0.717) is 26.4 Å².